The summed E-state index contributed by atoms with van der Waals surface area (Å²) in [5.74, 6) is 0.0697. The van der Waals surface area contributed by atoms with Crippen molar-refractivity contribution in [2.45, 2.75) is 51.3 Å². The quantitative estimate of drug-likeness (QED) is 0.159. The minimum Gasteiger partial charge on any atom is -0.493 e. The van der Waals surface area contributed by atoms with E-state index in [4.69, 9.17) is 17.0 Å². The molecule has 3 aromatic rings. The Labute approximate surface area is 238 Å². The molecule has 0 aliphatic rings. The Morgan fingerprint density at radius 2 is 1.66 bits per heavy atom. The first-order valence-corrected chi connectivity index (χ1v) is 15.0. The molecule has 0 atom stereocenters. The summed E-state index contributed by atoms with van der Waals surface area (Å²) in [6.07, 6.45) is 4.27. The van der Waals surface area contributed by atoms with E-state index >= 15 is 0 Å². The Morgan fingerprint density at radius 3 is 2.32 bits per heavy atom. The van der Waals surface area contributed by atoms with Crippen molar-refractivity contribution in [2.75, 3.05) is 16.6 Å². The van der Waals surface area contributed by atoms with Crippen molar-refractivity contribution in [3.05, 3.63) is 81.8 Å². The molecule has 0 aromatic heterocycles. The first-order valence-electron chi connectivity index (χ1n) is 12.3. The predicted octanol–water partition coefficient (Wildman–Crippen LogP) is 6.95. The van der Waals surface area contributed by atoms with Crippen LogP contribution in [0.15, 0.2) is 70.0 Å². The van der Waals surface area contributed by atoms with Gasteiger partial charge in [-0.1, -0.05) is 60.3 Å². The van der Waals surface area contributed by atoms with Gasteiger partial charge < -0.3 is 10.1 Å². The van der Waals surface area contributed by atoms with Crippen LogP contribution in [0.25, 0.3) is 0 Å². The van der Waals surface area contributed by atoms with Gasteiger partial charge in [0.15, 0.2) is 5.11 Å². The number of carbonyl (C=O) groups is 1. The van der Waals surface area contributed by atoms with E-state index in [0.717, 1.165) is 41.3 Å². The van der Waals surface area contributed by atoms with E-state index in [-0.39, 0.29) is 10.0 Å². The van der Waals surface area contributed by atoms with E-state index in [1.54, 1.807) is 24.3 Å². The van der Waals surface area contributed by atoms with Crippen molar-refractivity contribution in [1.82, 2.24) is 5.32 Å². The van der Waals surface area contributed by atoms with Crippen LogP contribution in [-0.2, 0) is 10.0 Å². The Balaban J connectivity index is 1.62. The molecule has 3 rings (SSSR count). The van der Waals surface area contributed by atoms with E-state index in [9.17, 15) is 13.2 Å². The summed E-state index contributed by atoms with van der Waals surface area (Å²) in [6.45, 7) is 6.38. The van der Waals surface area contributed by atoms with E-state index in [2.05, 4.69) is 38.2 Å². The number of halogens is 1. The smallest absolute Gasteiger partial charge is 0.261 e. The molecule has 0 bridgehead atoms. The molecule has 0 aliphatic carbocycles. The normalized spacial score (nSPS) is 11.1. The fourth-order valence-corrected chi connectivity index (χ4v) is 5.51. The number of ether oxygens (including phenoxy) is 1. The molecule has 38 heavy (non-hydrogen) atoms. The largest absolute Gasteiger partial charge is 0.493 e. The first kappa shape index (κ1) is 29.6. The summed E-state index contributed by atoms with van der Waals surface area (Å²) in [5, 5.41) is 5.66. The number of hydrogen-bond donors (Lipinski definition) is 3. The number of rotatable bonds is 11. The highest BCUT2D eigenvalue weighted by Gasteiger charge is 2.18. The zero-order chi connectivity index (χ0) is 27.7. The molecule has 0 fully saturated rings. The van der Waals surface area contributed by atoms with Gasteiger partial charge in [0.2, 0.25) is 0 Å². The lowest BCUT2D eigenvalue weighted by Crippen LogP contribution is -2.34. The van der Waals surface area contributed by atoms with E-state index < -0.39 is 15.9 Å². The van der Waals surface area contributed by atoms with Crippen molar-refractivity contribution in [3.8, 4) is 5.75 Å². The van der Waals surface area contributed by atoms with Gasteiger partial charge in [0, 0.05) is 10.2 Å². The summed E-state index contributed by atoms with van der Waals surface area (Å²) < 4.78 is 35.1. The fourth-order valence-electron chi connectivity index (χ4n) is 3.74. The molecule has 3 N–H and O–H groups in total. The van der Waals surface area contributed by atoms with Gasteiger partial charge in [0.05, 0.1) is 22.8 Å². The minimum atomic E-state index is -3.78. The standard InChI is InChI=1S/C28H32BrN3O4S2/c1-4-5-6-7-17-36-25-16-11-21(29)18-24(25)27(33)31-28(37)30-22-12-14-23(15-13-22)38(34,35)32-26-19(2)9-8-10-20(26)3/h8-16,18,32H,4-7,17H2,1-3H3,(H2,30,31,33,37). The molecule has 0 spiro atoms. The van der Waals surface area contributed by atoms with Gasteiger partial charge in [-0.3, -0.25) is 14.8 Å². The third-order valence-corrected chi connectivity index (χ3v) is 7.87. The van der Waals surface area contributed by atoms with Crippen LogP contribution >= 0.6 is 28.1 Å². The summed E-state index contributed by atoms with van der Waals surface area (Å²) in [7, 11) is -3.78. The lowest BCUT2D eigenvalue weighted by atomic mass is 10.1. The number of aryl methyl sites for hydroxylation is 2. The molecule has 7 nitrogen and oxygen atoms in total. The van der Waals surface area contributed by atoms with Crippen LogP contribution in [0, 0.1) is 13.8 Å². The van der Waals surface area contributed by atoms with E-state index in [1.165, 1.54) is 12.1 Å². The number of unbranched alkanes of at least 4 members (excludes halogenated alkanes) is 3. The number of carbonyl (C=O) groups excluding carboxylic acids is 1. The number of thiocarbonyl (C=S) groups is 1. The number of nitrogens with one attached hydrogen (secondary N) is 3. The van der Waals surface area contributed by atoms with Gasteiger partial charge in [-0.25, -0.2) is 8.42 Å². The van der Waals surface area contributed by atoms with Crippen LogP contribution in [0.2, 0.25) is 0 Å². The molecule has 0 saturated heterocycles. The molecule has 0 aliphatic heterocycles. The highest BCUT2D eigenvalue weighted by molar-refractivity contribution is 9.10. The maximum absolute atomic E-state index is 12.9. The lowest BCUT2D eigenvalue weighted by molar-refractivity contribution is 0.0973. The number of amides is 1. The van der Waals surface area contributed by atoms with Gasteiger partial charge in [-0.2, -0.15) is 0 Å². The van der Waals surface area contributed by atoms with Crippen LogP contribution in [-0.4, -0.2) is 26.0 Å². The maximum Gasteiger partial charge on any atom is 0.261 e. The number of anilines is 2. The second-order valence-electron chi connectivity index (χ2n) is 8.85. The number of hydrogen-bond acceptors (Lipinski definition) is 5. The van der Waals surface area contributed by atoms with Crippen molar-refractivity contribution < 1.29 is 17.9 Å². The third kappa shape index (κ3) is 8.28. The van der Waals surface area contributed by atoms with E-state index in [0.29, 0.717) is 29.3 Å². The van der Waals surface area contributed by atoms with Gasteiger partial charge in [0.25, 0.3) is 15.9 Å². The van der Waals surface area contributed by atoms with Crippen LogP contribution in [0.4, 0.5) is 11.4 Å². The van der Waals surface area contributed by atoms with Crippen LogP contribution in [0.1, 0.15) is 54.1 Å². The van der Waals surface area contributed by atoms with Gasteiger partial charge in [-0.15, -0.1) is 0 Å². The molecule has 0 unspecified atom stereocenters. The Kier molecular flexibility index (Phi) is 10.7. The Morgan fingerprint density at radius 1 is 0.974 bits per heavy atom. The van der Waals surface area contributed by atoms with Crippen molar-refractivity contribution in [2.24, 2.45) is 0 Å². The zero-order valence-electron chi connectivity index (χ0n) is 21.6. The fraction of sp³-hybridized carbons (Fsp3) is 0.286. The molecule has 3 aromatic carbocycles. The Bertz CT molecular complexity index is 1370. The third-order valence-electron chi connectivity index (χ3n) is 5.81. The SMILES string of the molecule is CCCCCCOc1ccc(Br)cc1C(=O)NC(=S)Nc1ccc(S(=O)(=O)Nc2c(C)cccc2C)cc1. The molecular formula is C28H32BrN3O4S2. The second kappa shape index (κ2) is 13.7. The summed E-state index contributed by atoms with van der Waals surface area (Å²) in [6, 6.07) is 17.0. The molecule has 10 heteroatoms. The zero-order valence-corrected chi connectivity index (χ0v) is 24.9. The average Bonchev–Trinajstić information content (AvgIpc) is 2.87. The molecule has 1 amide bonds. The topological polar surface area (TPSA) is 96.5 Å². The monoisotopic (exact) mass is 617 g/mol. The van der Waals surface area contributed by atoms with Gasteiger partial charge >= 0.3 is 0 Å². The predicted molar refractivity (Wildman–Crippen MR) is 161 cm³/mol. The van der Waals surface area contributed by atoms with E-state index in [1.807, 2.05) is 38.1 Å². The van der Waals surface area contributed by atoms with Gasteiger partial charge in [-0.05, 0) is 86.1 Å². The summed E-state index contributed by atoms with van der Waals surface area (Å²) in [4.78, 5) is 13.0. The second-order valence-corrected chi connectivity index (χ2v) is 11.9. The highest BCUT2D eigenvalue weighted by atomic mass is 79.9. The number of sulfonamides is 1. The average molecular weight is 619 g/mol. The molecular weight excluding hydrogens is 586 g/mol. The summed E-state index contributed by atoms with van der Waals surface area (Å²) >= 11 is 8.72. The minimum absolute atomic E-state index is 0.0770. The van der Waals surface area contributed by atoms with Crippen molar-refractivity contribution >= 4 is 60.6 Å². The molecule has 0 saturated carbocycles. The van der Waals surface area contributed by atoms with Crippen molar-refractivity contribution in [3.63, 3.8) is 0 Å². The van der Waals surface area contributed by atoms with Crippen LogP contribution < -0.4 is 20.1 Å². The Hall–Kier alpha value is -2.95. The first-order chi connectivity index (χ1) is 18.1. The van der Waals surface area contributed by atoms with Crippen LogP contribution in [0.3, 0.4) is 0 Å². The van der Waals surface area contributed by atoms with Crippen LogP contribution in [0.5, 0.6) is 5.75 Å². The number of benzene rings is 3. The van der Waals surface area contributed by atoms with Gasteiger partial charge in [0.1, 0.15) is 5.75 Å². The summed E-state index contributed by atoms with van der Waals surface area (Å²) in [5.41, 5.74) is 3.13. The highest BCUT2D eigenvalue weighted by Crippen LogP contribution is 2.25. The molecule has 0 heterocycles. The lowest BCUT2D eigenvalue weighted by Gasteiger charge is -2.15. The molecule has 202 valence electrons. The molecule has 0 radical (unpaired) electrons. The number of para-hydroxylation sites is 1. The van der Waals surface area contributed by atoms with Crippen molar-refractivity contribution in [1.29, 1.82) is 0 Å². The maximum atomic E-state index is 12.9.